The van der Waals surface area contributed by atoms with Crippen LogP contribution in [0.3, 0.4) is 0 Å². The van der Waals surface area contributed by atoms with Gasteiger partial charge >= 0.3 is 0 Å². The third kappa shape index (κ3) is 2.59. The second kappa shape index (κ2) is 5.02. The molecule has 0 amide bonds. The van der Waals surface area contributed by atoms with E-state index < -0.39 is 0 Å². The van der Waals surface area contributed by atoms with Crippen molar-refractivity contribution in [2.75, 3.05) is 0 Å². The van der Waals surface area contributed by atoms with Gasteiger partial charge in [-0.25, -0.2) is 0 Å². The molecule has 1 heterocycles. The zero-order valence-electron chi connectivity index (χ0n) is 7.14. The first-order valence-corrected chi connectivity index (χ1v) is 4.18. The van der Waals surface area contributed by atoms with Gasteiger partial charge in [0.2, 0.25) is 0 Å². The number of H-pyrrole nitrogens is 1. The molecule has 0 bridgehead atoms. The maximum absolute atomic E-state index is 4.29. The predicted octanol–water partition coefficient (Wildman–Crippen LogP) is 3.40. The topological polar surface area (TPSA) is 28.1 Å². The van der Waals surface area contributed by atoms with Crippen molar-refractivity contribution in [3.05, 3.63) is 54.4 Å². The number of nitrogens with zero attached hydrogens (tertiary/aromatic N) is 1. The first-order chi connectivity index (χ1) is 6.45. The van der Waals surface area contributed by atoms with Gasteiger partial charge in [-0.1, -0.05) is 25.6 Å². The molecule has 0 aliphatic rings. The second-order valence-electron chi connectivity index (χ2n) is 2.72. The van der Waals surface area contributed by atoms with Gasteiger partial charge in [0.15, 0.2) is 0 Å². The maximum Gasteiger partial charge on any atom is 0.0630 e. The molecule has 0 atom stereocenters. The van der Waals surface area contributed by atoms with E-state index in [1.807, 2.05) is 54.9 Å². The molecule has 1 aromatic heterocycles. The normalized spacial score (nSPS) is 10.0. The Hall–Kier alpha value is -1.83. The van der Waals surface area contributed by atoms with E-state index in [9.17, 15) is 0 Å². The number of aromatic amines is 1. The molecule has 2 aromatic rings. The molecule has 0 radical (unpaired) electrons. The summed E-state index contributed by atoms with van der Waals surface area (Å²) in [6.07, 6.45) is 3.70. The summed E-state index contributed by atoms with van der Waals surface area (Å²) in [7, 11) is 0. The van der Waals surface area contributed by atoms with E-state index in [0.29, 0.717) is 0 Å². The van der Waals surface area contributed by atoms with Crippen molar-refractivity contribution in [2.45, 2.75) is 7.43 Å². The van der Waals surface area contributed by atoms with Gasteiger partial charge in [-0.3, -0.25) is 4.99 Å². The average molecular weight is 186 g/mol. The molecule has 0 spiro atoms. The largest absolute Gasteiger partial charge is 0.360 e. The first kappa shape index (κ1) is 10.3. The van der Waals surface area contributed by atoms with Crippen molar-refractivity contribution in [3.63, 3.8) is 0 Å². The predicted molar refractivity (Wildman–Crippen MR) is 61.2 cm³/mol. The Kier molecular flexibility index (Phi) is 3.68. The summed E-state index contributed by atoms with van der Waals surface area (Å²) in [6, 6.07) is 13.8. The molecule has 0 aliphatic heterocycles. The lowest BCUT2D eigenvalue weighted by Crippen LogP contribution is -1.77. The highest BCUT2D eigenvalue weighted by Gasteiger charge is 1.86. The van der Waals surface area contributed by atoms with Crippen LogP contribution >= 0.6 is 0 Å². The number of hydrogen-bond donors (Lipinski definition) is 1. The zero-order chi connectivity index (χ0) is 8.93. The minimum Gasteiger partial charge on any atom is -0.360 e. The number of rotatable bonds is 2. The number of para-hydroxylation sites is 1. The molecular formula is C12H14N2. The van der Waals surface area contributed by atoms with Gasteiger partial charge in [0.25, 0.3) is 0 Å². The van der Waals surface area contributed by atoms with Crippen LogP contribution in [-0.2, 0) is 0 Å². The Balaban J connectivity index is 0.000000980. The molecular weight excluding hydrogens is 172 g/mol. The van der Waals surface area contributed by atoms with Gasteiger partial charge in [-0.15, -0.1) is 0 Å². The Morgan fingerprint density at radius 2 is 1.79 bits per heavy atom. The summed E-state index contributed by atoms with van der Waals surface area (Å²) >= 11 is 0. The first-order valence-electron chi connectivity index (χ1n) is 4.18. The van der Waals surface area contributed by atoms with Crippen LogP contribution in [0.5, 0.6) is 0 Å². The van der Waals surface area contributed by atoms with Crippen LogP contribution in [0, 0.1) is 0 Å². The van der Waals surface area contributed by atoms with Gasteiger partial charge in [-0.05, 0) is 24.3 Å². The van der Waals surface area contributed by atoms with E-state index in [1.54, 1.807) is 0 Å². The average Bonchev–Trinajstić information content (AvgIpc) is 2.69. The van der Waals surface area contributed by atoms with Gasteiger partial charge in [0.05, 0.1) is 17.6 Å². The number of hydrogen-bond acceptors (Lipinski definition) is 1. The van der Waals surface area contributed by atoms with Crippen molar-refractivity contribution in [3.8, 4) is 0 Å². The van der Waals surface area contributed by atoms with Gasteiger partial charge in [-0.2, -0.15) is 0 Å². The molecule has 0 saturated heterocycles. The molecule has 1 N–H and O–H groups in total. The highest BCUT2D eigenvalue weighted by molar-refractivity contribution is 5.79. The summed E-state index contributed by atoms with van der Waals surface area (Å²) in [5.74, 6) is 0. The van der Waals surface area contributed by atoms with Crippen LogP contribution in [0.1, 0.15) is 13.1 Å². The fourth-order valence-electron chi connectivity index (χ4n) is 1.08. The Morgan fingerprint density at radius 3 is 2.43 bits per heavy atom. The Labute approximate surface area is 84.3 Å². The molecule has 14 heavy (non-hydrogen) atoms. The lowest BCUT2D eigenvalue weighted by atomic mass is 10.3. The second-order valence-corrected chi connectivity index (χ2v) is 2.72. The molecule has 0 aliphatic carbocycles. The van der Waals surface area contributed by atoms with Crippen LogP contribution < -0.4 is 0 Å². The summed E-state index contributed by atoms with van der Waals surface area (Å²) in [5, 5.41) is 0. The maximum atomic E-state index is 4.29. The molecule has 0 unspecified atom stereocenters. The molecule has 2 nitrogen and oxygen atoms in total. The van der Waals surface area contributed by atoms with Crippen molar-refractivity contribution >= 4 is 11.9 Å². The van der Waals surface area contributed by atoms with E-state index in [2.05, 4.69) is 9.98 Å². The van der Waals surface area contributed by atoms with Crippen LogP contribution in [-0.4, -0.2) is 11.2 Å². The van der Waals surface area contributed by atoms with E-state index >= 15 is 0 Å². The van der Waals surface area contributed by atoms with E-state index in [-0.39, 0.29) is 7.43 Å². The van der Waals surface area contributed by atoms with E-state index in [1.165, 1.54) is 0 Å². The van der Waals surface area contributed by atoms with Crippen molar-refractivity contribution < 1.29 is 0 Å². The van der Waals surface area contributed by atoms with Crippen LogP contribution in [0.15, 0.2) is 53.7 Å². The van der Waals surface area contributed by atoms with Crippen molar-refractivity contribution in [2.24, 2.45) is 4.99 Å². The molecule has 2 rings (SSSR count). The lowest BCUT2D eigenvalue weighted by Gasteiger charge is -1.89. The minimum absolute atomic E-state index is 0. The summed E-state index contributed by atoms with van der Waals surface area (Å²) in [4.78, 5) is 7.35. The third-order valence-corrected chi connectivity index (χ3v) is 1.73. The van der Waals surface area contributed by atoms with E-state index in [0.717, 1.165) is 11.4 Å². The summed E-state index contributed by atoms with van der Waals surface area (Å²) < 4.78 is 0. The quantitative estimate of drug-likeness (QED) is 0.696. The Morgan fingerprint density at radius 1 is 1.00 bits per heavy atom. The molecule has 0 saturated carbocycles. The monoisotopic (exact) mass is 186 g/mol. The molecule has 1 aromatic carbocycles. The molecule has 0 fully saturated rings. The van der Waals surface area contributed by atoms with Gasteiger partial charge in [0, 0.05) is 6.20 Å². The molecule has 72 valence electrons. The zero-order valence-corrected chi connectivity index (χ0v) is 7.14. The van der Waals surface area contributed by atoms with Gasteiger partial charge < -0.3 is 4.98 Å². The molecule has 2 heteroatoms. The van der Waals surface area contributed by atoms with E-state index in [4.69, 9.17) is 0 Å². The van der Waals surface area contributed by atoms with Crippen LogP contribution in [0.4, 0.5) is 5.69 Å². The lowest BCUT2D eigenvalue weighted by molar-refractivity contribution is 1.38. The van der Waals surface area contributed by atoms with Crippen molar-refractivity contribution in [1.29, 1.82) is 0 Å². The standard InChI is InChI=1S/C11H10N2.CH4/c1-2-5-10(6-3-1)13-9-11-7-4-8-12-11;/h1-9,12H;1H4. The number of benzene rings is 1. The van der Waals surface area contributed by atoms with Gasteiger partial charge in [0.1, 0.15) is 0 Å². The Bertz CT molecular complexity index is 374. The highest BCUT2D eigenvalue weighted by atomic mass is 14.8. The smallest absolute Gasteiger partial charge is 0.0630 e. The SMILES string of the molecule is C.C(=Nc1ccccc1)c1ccc[nH]1. The minimum atomic E-state index is 0. The number of nitrogens with one attached hydrogen (secondary N) is 1. The highest BCUT2D eigenvalue weighted by Crippen LogP contribution is 2.08. The van der Waals surface area contributed by atoms with Crippen LogP contribution in [0.25, 0.3) is 0 Å². The third-order valence-electron chi connectivity index (χ3n) is 1.73. The van der Waals surface area contributed by atoms with Crippen molar-refractivity contribution in [1.82, 2.24) is 4.98 Å². The fourth-order valence-corrected chi connectivity index (χ4v) is 1.08. The fraction of sp³-hybridized carbons (Fsp3) is 0.0833. The number of aliphatic imine (C=N–C) groups is 1. The van der Waals surface area contributed by atoms with Crippen LogP contribution in [0.2, 0.25) is 0 Å². The number of aromatic nitrogens is 1. The summed E-state index contributed by atoms with van der Waals surface area (Å²) in [6.45, 7) is 0. The summed E-state index contributed by atoms with van der Waals surface area (Å²) in [5.41, 5.74) is 1.99.